The third-order valence-electron chi connectivity index (χ3n) is 4.53. The number of piperidine rings is 1. The molecule has 0 bridgehead atoms. The van der Waals surface area contributed by atoms with Gasteiger partial charge in [-0.15, -0.1) is 12.4 Å². The molecule has 8 heteroatoms. The van der Waals surface area contributed by atoms with Crippen molar-refractivity contribution in [1.29, 1.82) is 0 Å². The number of nitrogens with zero attached hydrogens (tertiary/aromatic N) is 5. The van der Waals surface area contributed by atoms with Crippen molar-refractivity contribution in [2.45, 2.75) is 25.4 Å². The molecular weight excluding hydrogens is 381 g/mol. The van der Waals surface area contributed by atoms with Crippen molar-refractivity contribution in [3.8, 4) is 0 Å². The summed E-state index contributed by atoms with van der Waals surface area (Å²) in [6.07, 6.45) is 3.79. The lowest BCUT2D eigenvalue weighted by Gasteiger charge is -2.32. The van der Waals surface area contributed by atoms with Crippen molar-refractivity contribution in [1.82, 2.24) is 24.6 Å². The first-order valence-electron chi connectivity index (χ1n) is 8.03. The second-order valence-corrected chi connectivity index (χ2v) is 6.80. The number of benzene rings is 1. The fraction of sp³-hybridized carbons (Fsp3) is 0.353. The molecule has 25 heavy (non-hydrogen) atoms. The van der Waals surface area contributed by atoms with Crippen LogP contribution in [0.1, 0.15) is 24.4 Å². The molecule has 132 valence electrons. The van der Waals surface area contributed by atoms with Crippen LogP contribution in [-0.2, 0) is 6.54 Å². The summed E-state index contributed by atoms with van der Waals surface area (Å²) in [5.41, 5.74) is 2.08. The van der Waals surface area contributed by atoms with Gasteiger partial charge in [0.1, 0.15) is 5.15 Å². The highest BCUT2D eigenvalue weighted by atomic mass is 35.5. The molecule has 1 aliphatic heterocycles. The zero-order valence-corrected chi connectivity index (χ0v) is 15.8. The van der Waals surface area contributed by atoms with E-state index in [2.05, 4.69) is 50.3 Å². The quantitative estimate of drug-likeness (QED) is 0.485. The molecule has 4 rings (SSSR count). The minimum Gasteiger partial charge on any atom is -0.299 e. The highest BCUT2D eigenvalue weighted by molar-refractivity contribution is 6.35. The van der Waals surface area contributed by atoms with E-state index in [1.165, 1.54) is 5.56 Å². The normalized spacial score (nSPS) is 16.1. The number of fused-ring (bicyclic) bond motifs is 1. The second kappa shape index (κ2) is 7.87. The number of aromatic nitrogens is 4. The van der Waals surface area contributed by atoms with Gasteiger partial charge in [0.25, 0.3) is 0 Å². The third kappa shape index (κ3) is 3.90. The number of rotatable bonds is 3. The Hall–Kier alpha value is -1.40. The second-order valence-electron chi connectivity index (χ2n) is 6.10. The predicted molar refractivity (Wildman–Crippen MR) is 103 cm³/mol. The SMILES string of the molecule is Cl.Clc1nc(Cl)c2cnn(C3CCN(Cc4ccccc4)CC3)c2n1. The van der Waals surface area contributed by atoms with E-state index in [9.17, 15) is 0 Å². The van der Waals surface area contributed by atoms with Crippen LogP contribution < -0.4 is 0 Å². The van der Waals surface area contributed by atoms with Crippen LogP contribution in [0, 0.1) is 0 Å². The topological polar surface area (TPSA) is 46.8 Å². The van der Waals surface area contributed by atoms with Gasteiger partial charge in [-0.2, -0.15) is 10.1 Å². The lowest BCUT2D eigenvalue weighted by atomic mass is 10.0. The van der Waals surface area contributed by atoms with E-state index >= 15 is 0 Å². The highest BCUT2D eigenvalue weighted by Gasteiger charge is 2.23. The molecule has 0 atom stereocenters. The summed E-state index contributed by atoms with van der Waals surface area (Å²) >= 11 is 12.1. The summed E-state index contributed by atoms with van der Waals surface area (Å²) in [4.78, 5) is 10.8. The lowest BCUT2D eigenvalue weighted by Crippen LogP contribution is -2.34. The molecule has 0 unspecified atom stereocenters. The third-order valence-corrected chi connectivity index (χ3v) is 4.99. The standard InChI is InChI=1S/C17H17Cl2N5.ClH/c18-15-14-10-20-24(16(14)22-17(19)21-15)13-6-8-23(9-7-13)11-12-4-2-1-3-5-12;/h1-5,10,13H,6-9,11H2;1H. The molecule has 2 aromatic heterocycles. The summed E-state index contributed by atoms with van der Waals surface area (Å²) in [6, 6.07) is 10.9. The maximum atomic E-state index is 6.13. The van der Waals surface area contributed by atoms with Crippen molar-refractivity contribution in [2.75, 3.05) is 13.1 Å². The molecule has 0 spiro atoms. The average molecular weight is 399 g/mol. The van der Waals surface area contributed by atoms with Crippen LogP contribution in [0.3, 0.4) is 0 Å². The van der Waals surface area contributed by atoms with Crippen molar-refractivity contribution < 1.29 is 0 Å². The molecule has 1 aromatic carbocycles. The molecule has 0 aliphatic carbocycles. The van der Waals surface area contributed by atoms with Crippen LogP contribution in [0.2, 0.25) is 10.4 Å². The van der Waals surface area contributed by atoms with Crippen LogP contribution in [0.25, 0.3) is 11.0 Å². The lowest BCUT2D eigenvalue weighted by molar-refractivity contribution is 0.175. The van der Waals surface area contributed by atoms with Gasteiger partial charge in [-0.05, 0) is 30.0 Å². The Kier molecular flexibility index (Phi) is 5.79. The van der Waals surface area contributed by atoms with Crippen molar-refractivity contribution >= 4 is 46.6 Å². The summed E-state index contributed by atoms with van der Waals surface area (Å²) < 4.78 is 1.95. The number of hydrogen-bond donors (Lipinski definition) is 0. The highest BCUT2D eigenvalue weighted by Crippen LogP contribution is 2.29. The molecular formula is C17H18Cl3N5. The van der Waals surface area contributed by atoms with Gasteiger partial charge in [-0.1, -0.05) is 41.9 Å². The molecule has 0 N–H and O–H groups in total. The molecule has 1 saturated heterocycles. The largest absolute Gasteiger partial charge is 0.299 e. The molecule has 5 nitrogen and oxygen atoms in total. The van der Waals surface area contributed by atoms with Crippen LogP contribution >= 0.6 is 35.6 Å². The van der Waals surface area contributed by atoms with E-state index in [0.717, 1.165) is 43.5 Å². The van der Waals surface area contributed by atoms with E-state index in [1.807, 2.05) is 4.68 Å². The van der Waals surface area contributed by atoms with E-state index < -0.39 is 0 Å². The number of likely N-dealkylation sites (tertiary alicyclic amines) is 1. The molecule has 1 fully saturated rings. The van der Waals surface area contributed by atoms with Crippen LogP contribution in [0.5, 0.6) is 0 Å². The van der Waals surface area contributed by atoms with Gasteiger partial charge in [0.15, 0.2) is 5.65 Å². The Balaban J connectivity index is 0.00000182. The van der Waals surface area contributed by atoms with Crippen molar-refractivity contribution in [3.05, 3.63) is 52.5 Å². The monoisotopic (exact) mass is 397 g/mol. The first kappa shape index (κ1) is 18.4. The smallest absolute Gasteiger partial charge is 0.225 e. The van der Waals surface area contributed by atoms with E-state index in [0.29, 0.717) is 11.2 Å². The minimum atomic E-state index is 0. The molecule has 0 saturated carbocycles. The van der Waals surface area contributed by atoms with Crippen LogP contribution in [-0.4, -0.2) is 37.7 Å². The maximum absolute atomic E-state index is 6.13. The fourth-order valence-corrected chi connectivity index (χ4v) is 3.72. The van der Waals surface area contributed by atoms with Gasteiger partial charge in [0, 0.05) is 19.6 Å². The van der Waals surface area contributed by atoms with Crippen LogP contribution in [0.4, 0.5) is 0 Å². The Morgan fingerprint density at radius 3 is 2.48 bits per heavy atom. The molecule has 0 amide bonds. The van der Waals surface area contributed by atoms with Crippen molar-refractivity contribution in [2.24, 2.45) is 0 Å². The summed E-state index contributed by atoms with van der Waals surface area (Å²) in [5.74, 6) is 0. The van der Waals surface area contributed by atoms with Gasteiger partial charge in [-0.3, -0.25) is 4.90 Å². The van der Waals surface area contributed by atoms with Gasteiger partial charge in [0.2, 0.25) is 5.28 Å². The van der Waals surface area contributed by atoms with Crippen molar-refractivity contribution in [3.63, 3.8) is 0 Å². The van der Waals surface area contributed by atoms with Crippen LogP contribution in [0.15, 0.2) is 36.5 Å². The summed E-state index contributed by atoms with van der Waals surface area (Å²) in [6.45, 7) is 3.06. The Labute approximate surface area is 162 Å². The van der Waals surface area contributed by atoms with Gasteiger partial charge in [-0.25, -0.2) is 9.67 Å². The zero-order valence-electron chi connectivity index (χ0n) is 13.5. The molecule has 1 aliphatic rings. The first-order chi connectivity index (χ1) is 11.7. The van der Waals surface area contributed by atoms with Gasteiger partial charge in [0.05, 0.1) is 17.6 Å². The molecule has 3 heterocycles. The Bertz CT molecular complexity index is 844. The number of halogens is 3. The first-order valence-corrected chi connectivity index (χ1v) is 8.79. The predicted octanol–water partition coefficient (Wildman–Crippen LogP) is 4.39. The summed E-state index contributed by atoms with van der Waals surface area (Å²) in [5, 5.41) is 5.76. The number of hydrogen-bond acceptors (Lipinski definition) is 4. The Morgan fingerprint density at radius 2 is 1.76 bits per heavy atom. The van der Waals surface area contributed by atoms with E-state index in [-0.39, 0.29) is 17.7 Å². The zero-order chi connectivity index (χ0) is 16.5. The maximum Gasteiger partial charge on any atom is 0.225 e. The van der Waals surface area contributed by atoms with Gasteiger partial charge < -0.3 is 0 Å². The minimum absolute atomic E-state index is 0. The molecule has 0 radical (unpaired) electrons. The van der Waals surface area contributed by atoms with Gasteiger partial charge >= 0.3 is 0 Å². The molecule has 3 aromatic rings. The summed E-state index contributed by atoms with van der Waals surface area (Å²) in [7, 11) is 0. The fourth-order valence-electron chi connectivity index (χ4n) is 3.30. The average Bonchev–Trinajstić information content (AvgIpc) is 3.01. The van der Waals surface area contributed by atoms with E-state index in [4.69, 9.17) is 23.2 Å². The Morgan fingerprint density at radius 1 is 1.04 bits per heavy atom. The van der Waals surface area contributed by atoms with E-state index in [1.54, 1.807) is 6.20 Å².